The van der Waals surface area contributed by atoms with E-state index in [0.717, 1.165) is 28.1 Å². The highest BCUT2D eigenvalue weighted by Crippen LogP contribution is 2.32. The first-order chi connectivity index (χ1) is 24.6. The van der Waals surface area contributed by atoms with Gasteiger partial charge in [0.15, 0.2) is 0 Å². The van der Waals surface area contributed by atoms with Crippen molar-refractivity contribution < 1.29 is 32.6 Å². The number of aliphatic hydroxyl groups excluding tert-OH is 1. The van der Waals surface area contributed by atoms with Gasteiger partial charge in [-0.3, -0.25) is 24.4 Å². The number of alkyl halides is 3. The molecule has 0 saturated carbocycles. The SMILES string of the molecule is O=C(N[C@@H]1CCOc2ccccc21)C(Cc1ccccc1)CC(O)CN1CCN(Cc2ccn(-c3ccncc3)c2)C[C@H]1C(=O)NCC(F)(F)F. The zero-order valence-corrected chi connectivity index (χ0v) is 28.2. The molecule has 4 atom stereocenters. The minimum absolute atomic E-state index is 0.0229. The van der Waals surface area contributed by atoms with E-state index in [2.05, 4.69) is 15.6 Å². The third-order valence-corrected chi connectivity index (χ3v) is 9.43. The van der Waals surface area contributed by atoms with E-state index in [1.54, 1.807) is 17.3 Å². The summed E-state index contributed by atoms with van der Waals surface area (Å²) in [5.41, 5.74) is 3.76. The van der Waals surface area contributed by atoms with Crippen molar-refractivity contribution >= 4 is 11.8 Å². The van der Waals surface area contributed by atoms with Crippen molar-refractivity contribution in [3.8, 4) is 11.4 Å². The summed E-state index contributed by atoms with van der Waals surface area (Å²) in [5.74, 6) is -0.826. The van der Waals surface area contributed by atoms with Crippen molar-refractivity contribution in [1.29, 1.82) is 0 Å². The lowest BCUT2D eigenvalue weighted by atomic mass is 9.91. The molecule has 6 rings (SSSR count). The molecule has 2 unspecified atom stereocenters. The number of carbonyl (C=O) groups is 2. The zero-order valence-electron chi connectivity index (χ0n) is 28.2. The molecule has 0 bridgehead atoms. The van der Waals surface area contributed by atoms with Crippen molar-refractivity contribution in [1.82, 2.24) is 30.0 Å². The van der Waals surface area contributed by atoms with Gasteiger partial charge in [0.2, 0.25) is 11.8 Å². The van der Waals surface area contributed by atoms with Gasteiger partial charge in [-0.1, -0.05) is 48.5 Å². The molecule has 3 N–H and O–H groups in total. The number of pyridine rings is 1. The highest BCUT2D eigenvalue weighted by atomic mass is 19.4. The molecule has 4 heterocycles. The molecule has 2 aliphatic rings. The smallest absolute Gasteiger partial charge is 0.405 e. The Hall–Kier alpha value is -4.72. The molecular formula is C38H43F3N6O4. The van der Waals surface area contributed by atoms with E-state index in [1.165, 1.54) is 0 Å². The second-order valence-electron chi connectivity index (χ2n) is 13.2. The van der Waals surface area contributed by atoms with Gasteiger partial charge in [-0.25, -0.2) is 0 Å². The average molecular weight is 705 g/mol. The Balaban J connectivity index is 1.13. The van der Waals surface area contributed by atoms with Gasteiger partial charge in [0, 0.05) is 81.1 Å². The van der Waals surface area contributed by atoms with E-state index in [9.17, 15) is 27.9 Å². The summed E-state index contributed by atoms with van der Waals surface area (Å²) in [6, 6.07) is 21.7. The van der Waals surface area contributed by atoms with Crippen LogP contribution in [0.3, 0.4) is 0 Å². The molecular weight excluding hydrogens is 661 g/mol. The number of benzene rings is 2. The Morgan fingerprint density at radius 1 is 0.980 bits per heavy atom. The van der Waals surface area contributed by atoms with Gasteiger partial charge in [0.1, 0.15) is 18.3 Å². The lowest BCUT2D eigenvalue weighted by Gasteiger charge is -2.41. The number of nitrogens with zero attached hydrogens (tertiary/aromatic N) is 4. The number of carbonyl (C=O) groups excluding carboxylic acids is 2. The summed E-state index contributed by atoms with van der Waals surface area (Å²) < 4.78 is 47.1. The molecule has 0 spiro atoms. The number of nitrogens with one attached hydrogen (secondary N) is 2. The van der Waals surface area contributed by atoms with Gasteiger partial charge >= 0.3 is 6.18 Å². The summed E-state index contributed by atoms with van der Waals surface area (Å²) in [6.45, 7) is 0.597. The Kier molecular flexibility index (Phi) is 11.7. The number of amides is 2. The van der Waals surface area contributed by atoms with Gasteiger partial charge in [-0.05, 0) is 48.2 Å². The maximum atomic E-state index is 13.9. The molecule has 0 radical (unpaired) electrons. The minimum Gasteiger partial charge on any atom is -0.493 e. The summed E-state index contributed by atoms with van der Waals surface area (Å²) in [7, 11) is 0. The number of hydrogen-bond acceptors (Lipinski definition) is 7. The van der Waals surface area contributed by atoms with E-state index < -0.39 is 36.7 Å². The third-order valence-electron chi connectivity index (χ3n) is 9.43. The number of hydrogen-bond donors (Lipinski definition) is 3. The largest absolute Gasteiger partial charge is 0.493 e. The topological polar surface area (TPSA) is 112 Å². The fraction of sp³-hybridized carbons (Fsp3) is 0.395. The van der Waals surface area contributed by atoms with Crippen molar-refractivity contribution in [2.45, 2.75) is 50.2 Å². The Labute approximate surface area is 295 Å². The summed E-state index contributed by atoms with van der Waals surface area (Å²) >= 11 is 0. The van der Waals surface area contributed by atoms with Crippen molar-refractivity contribution in [3.63, 3.8) is 0 Å². The van der Waals surface area contributed by atoms with E-state index in [0.29, 0.717) is 39.1 Å². The Morgan fingerprint density at radius 2 is 1.75 bits per heavy atom. The molecule has 2 aliphatic heterocycles. The summed E-state index contributed by atoms with van der Waals surface area (Å²) in [4.78, 5) is 34.9. The van der Waals surface area contributed by atoms with Crippen LogP contribution in [0.4, 0.5) is 13.2 Å². The lowest BCUT2D eigenvalue weighted by Crippen LogP contribution is -2.60. The number of halogens is 3. The Bertz CT molecular complexity index is 1740. The van der Waals surface area contributed by atoms with Crippen LogP contribution in [0.5, 0.6) is 5.75 Å². The number of para-hydroxylation sites is 1. The predicted octanol–water partition coefficient (Wildman–Crippen LogP) is 4.29. The second-order valence-corrected chi connectivity index (χ2v) is 13.2. The van der Waals surface area contributed by atoms with Crippen LogP contribution in [-0.2, 0) is 22.6 Å². The van der Waals surface area contributed by atoms with Crippen LogP contribution in [0, 0.1) is 5.92 Å². The molecule has 270 valence electrons. The number of piperazine rings is 1. The first-order valence-electron chi connectivity index (χ1n) is 17.2. The van der Waals surface area contributed by atoms with Crippen LogP contribution in [0.25, 0.3) is 5.69 Å². The zero-order chi connectivity index (χ0) is 35.8. The van der Waals surface area contributed by atoms with E-state index in [1.807, 2.05) is 94.7 Å². The van der Waals surface area contributed by atoms with E-state index in [4.69, 9.17) is 4.74 Å². The Morgan fingerprint density at radius 3 is 2.53 bits per heavy atom. The average Bonchev–Trinajstić information content (AvgIpc) is 3.60. The van der Waals surface area contributed by atoms with Gasteiger partial charge in [-0.2, -0.15) is 13.2 Å². The quantitative estimate of drug-likeness (QED) is 0.191. The van der Waals surface area contributed by atoms with Crippen LogP contribution in [0.15, 0.2) is 97.6 Å². The third kappa shape index (κ3) is 9.96. The van der Waals surface area contributed by atoms with Crippen LogP contribution in [-0.4, -0.2) is 93.9 Å². The summed E-state index contributed by atoms with van der Waals surface area (Å²) in [6.07, 6.45) is 2.81. The molecule has 2 aromatic heterocycles. The van der Waals surface area contributed by atoms with Crippen LogP contribution < -0.4 is 15.4 Å². The standard InChI is InChI=1S/C38H43F3N6O4/c39-38(40,41)26-43-37(50)34-25-45(22-28-12-16-46(23-28)30-10-14-42-15-11-30)17-18-47(34)24-31(48)21-29(20-27-6-2-1-3-7-27)36(49)44-33-13-19-51-35-9-5-4-8-32(33)35/h1-12,14-16,23,29,31,33-34,48H,13,17-22,24-26H2,(H,43,50)(H,44,49)/t29?,31?,33-,34+/m1/s1. The molecule has 1 fully saturated rings. The van der Waals surface area contributed by atoms with E-state index >= 15 is 0 Å². The lowest BCUT2D eigenvalue weighted by molar-refractivity contribution is -0.143. The monoisotopic (exact) mass is 704 g/mol. The number of ether oxygens (including phenoxy) is 1. The van der Waals surface area contributed by atoms with Crippen LogP contribution >= 0.6 is 0 Å². The minimum atomic E-state index is -4.56. The molecule has 10 nitrogen and oxygen atoms in total. The maximum Gasteiger partial charge on any atom is 0.405 e. The van der Waals surface area contributed by atoms with Crippen molar-refractivity contribution in [3.05, 3.63) is 114 Å². The van der Waals surface area contributed by atoms with Crippen molar-refractivity contribution in [2.75, 3.05) is 39.3 Å². The maximum absolute atomic E-state index is 13.9. The van der Waals surface area contributed by atoms with Crippen molar-refractivity contribution in [2.24, 2.45) is 5.92 Å². The molecule has 2 aromatic carbocycles. The highest BCUT2D eigenvalue weighted by molar-refractivity contribution is 5.82. The van der Waals surface area contributed by atoms with Gasteiger partial charge < -0.3 is 25.0 Å². The van der Waals surface area contributed by atoms with Gasteiger partial charge in [0.25, 0.3) is 0 Å². The first-order valence-corrected chi connectivity index (χ1v) is 17.2. The molecule has 1 saturated heterocycles. The molecule has 4 aromatic rings. The van der Waals surface area contributed by atoms with Crippen LogP contribution in [0.2, 0.25) is 0 Å². The van der Waals surface area contributed by atoms with E-state index in [-0.39, 0.29) is 31.5 Å². The number of fused-ring (bicyclic) bond motifs is 1. The second kappa shape index (κ2) is 16.5. The molecule has 13 heteroatoms. The fourth-order valence-corrected chi connectivity index (χ4v) is 6.90. The predicted molar refractivity (Wildman–Crippen MR) is 185 cm³/mol. The number of β-amino-alcohol motifs (C(OH)–C–C–N with tert-alkyl or cyclic N) is 1. The highest BCUT2D eigenvalue weighted by Gasteiger charge is 2.37. The van der Waals surface area contributed by atoms with Crippen LogP contribution in [0.1, 0.15) is 35.6 Å². The molecule has 51 heavy (non-hydrogen) atoms. The normalized spacial score (nSPS) is 19.4. The molecule has 0 aliphatic carbocycles. The molecule has 2 amide bonds. The van der Waals surface area contributed by atoms with Gasteiger partial charge in [0.05, 0.1) is 18.8 Å². The fourth-order valence-electron chi connectivity index (χ4n) is 6.90. The number of aromatic nitrogens is 2. The first kappa shape index (κ1) is 36.1. The van der Waals surface area contributed by atoms with Gasteiger partial charge in [-0.15, -0.1) is 0 Å². The summed E-state index contributed by atoms with van der Waals surface area (Å²) in [5, 5.41) is 16.7. The number of rotatable bonds is 13. The number of aliphatic hydroxyl groups is 1.